The van der Waals surface area contributed by atoms with Crippen LogP contribution in [0.5, 0.6) is 0 Å². The van der Waals surface area contributed by atoms with Crippen molar-refractivity contribution in [2.45, 2.75) is 6.04 Å². The van der Waals surface area contributed by atoms with Gasteiger partial charge in [-0.05, 0) is 11.6 Å². The number of carboxylic acids is 1. The van der Waals surface area contributed by atoms with Crippen LogP contribution in [0.4, 0.5) is 0 Å². The summed E-state index contributed by atoms with van der Waals surface area (Å²) in [7, 11) is 1.57. The number of nitrogens with zero attached hydrogens (tertiary/aromatic N) is 1. The number of carbonyl (C=O) groups is 2. The number of hydrogen-bond donors (Lipinski definition) is 2. The molecule has 5 nitrogen and oxygen atoms in total. The third-order valence-electron chi connectivity index (χ3n) is 3.00. The summed E-state index contributed by atoms with van der Waals surface area (Å²) in [6.07, 6.45) is 0. The van der Waals surface area contributed by atoms with E-state index in [0.717, 1.165) is 0 Å². The molecule has 1 amide bonds. The van der Waals surface area contributed by atoms with E-state index in [0.29, 0.717) is 5.56 Å². The number of benzene rings is 1. The lowest BCUT2D eigenvalue weighted by Crippen LogP contribution is -2.34. The second-order valence-electron chi connectivity index (χ2n) is 4.38. The van der Waals surface area contributed by atoms with Crippen molar-refractivity contribution < 1.29 is 14.7 Å². The van der Waals surface area contributed by atoms with Crippen LogP contribution in [-0.4, -0.2) is 21.6 Å². The molecular formula is C14H12Cl2N2O3. The van der Waals surface area contributed by atoms with Gasteiger partial charge in [-0.2, -0.15) is 0 Å². The van der Waals surface area contributed by atoms with E-state index in [4.69, 9.17) is 23.2 Å². The minimum Gasteiger partial charge on any atom is -0.479 e. The minimum atomic E-state index is -1.15. The Morgan fingerprint density at radius 3 is 2.33 bits per heavy atom. The second-order valence-corrected chi connectivity index (χ2v) is 5.15. The van der Waals surface area contributed by atoms with E-state index in [2.05, 4.69) is 5.32 Å². The van der Waals surface area contributed by atoms with Gasteiger partial charge in [0.05, 0.1) is 5.02 Å². The topological polar surface area (TPSA) is 71.3 Å². The first kappa shape index (κ1) is 15.4. The zero-order chi connectivity index (χ0) is 15.6. The van der Waals surface area contributed by atoms with E-state index in [1.54, 1.807) is 37.4 Å². The fraction of sp³-hybridized carbons (Fsp3) is 0.143. The summed E-state index contributed by atoms with van der Waals surface area (Å²) in [5.41, 5.74) is 0.664. The molecule has 0 bridgehead atoms. The van der Waals surface area contributed by atoms with Gasteiger partial charge in [-0.15, -0.1) is 0 Å². The molecule has 2 aromatic rings. The van der Waals surface area contributed by atoms with E-state index >= 15 is 0 Å². The van der Waals surface area contributed by atoms with Crippen LogP contribution in [0.3, 0.4) is 0 Å². The smallest absolute Gasteiger partial charge is 0.330 e. The standard InChI is InChI=1S/C14H12Cl2N2O3/c1-18-10(7-9(15)12(18)16)13(19)17-11(14(20)21)8-5-3-2-4-6-8/h2-7,11H,1H3,(H,17,19)(H,20,21)/t11-/m0/s1. The molecule has 1 aromatic carbocycles. The molecule has 0 spiro atoms. The average molecular weight is 327 g/mol. The van der Waals surface area contributed by atoms with E-state index in [-0.39, 0.29) is 15.9 Å². The summed E-state index contributed by atoms with van der Waals surface area (Å²) in [6.45, 7) is 0. The van der Waals surface area contributed by atoms with Gasteiger partial charge in [0.25, 0.3) is 5.91 Å². The van der Waals surface area contributed by atoms with Crippen molar-refractivity contribution >= 4 is 35.1 Å². The first-order chi connectivity index (χ1) is 9.91. The van der Waals surface area contributed by atoms with Gasteiger partial charge in [0.2, 0.25) is 0 Å². The molecule has 1 heterocycles. The highest BCUT2D eigenvalue weighted by Crippen LogP contribution is 2.25. The van der Waals surface area contributed by atoms with Crippen molar-refractivity contribution in [3.8, 4) is 0 Å². The number of nitrogens with one attached hydrogen (secondary N) is 1. The Morgan fingerprint density at radius 1 is 1.24 bits per heavy atom. The fourth-order valence-corrected chi connectivity index (χ4v) is 2.27. The normalized spacial score (nSPS) is 12.0. The number of amides is 1. The van der Waals surface area contributed by atoms with E-state index < -0.39 is 17.9 Å². The van der Waals surface area contributed by atoms with Crippen LogP contribution in [0.15, 0.2) is 36.4 Å². The summed E-state index contributed by atoms with van der Waals surface area (Å²) in [5.74, 6) is -1.72. The van der Waals surface area contributed by atoms with Gasteiger partial charge >= 0.3 is 5.97 Å². The molecule has 7 heteroatoms. The van der Waals surface area contributed by atoms with Crippen LogP contribution >= 0.6 is 23.2 Å². The zero-order valence-electron chi connectivity index (χ0n) is 11.0. The Bertz CT molecular complexity index is 683. The monoisotopic (exact) mass is 326 g/mol. The molecule has 0 unspecified atom stereocenters. The molecule has 110 valence electrons. The minimum absolute atomic E-state index is 0.187. The summed E-state index contributed by atoms with van der Waals surface area (Å²) in [4.78, 5) is 23.6. The van der Waals surface area contributed by atoms with Crippen LogP contribution in [0.2, 0.25) is 10.2 Å². The van der Waals surface area contributed by atoms with Crippen LogP contribution in [-0.2, 0) is 11.8 Å². The molecule has 2 rings (SSSR count). The lowest BCUT2D eigenvalue weighted by Gasteiger charge is -2.15. The van der Waals surface area contributed by atoms with Crippen molar-refractivity contribution in [1.82, 2.24) is 9.88 Å². The fourth-order valence-electron chi connectivity index (χ4n) is 1.90. The lowest BCUT2D eigenvalue weighted by molar-refractivity contribution is -0.139. The van der Waals surface area contributed by atoms with Gasteiger partial charge in [0, 0.05) is 7.05 Å². The number of carboxylic acid groups (broad SMARTS) is 1. The number of aliphatic carboxylic acids is 1. The maximum Gasteiger partial charge on any atom is 0.330 e. The molecule has 0 aliphatic rings. The number of aromatic nitrogens is 1. The Labute approximate surface area is 131 Å². The maximum atomic E-state index is 12.2. The van der Waals surface area contributed by atoms with Crippen molar-refractivity contribution in [2.24, 2.45) is 7.05 Å². The van der Waals surface area contributed by atoms with Crippen molar-refractivity contribution in [2.75, 3.05) is 0 Å². The van der Waals surface area contributed by atoms with Crippen LogP contribution < -0.4 is 5.32 Å². The van der Waals surface area contributed by atoms with Gasteiger partial charge in [0.15, 0.2) is 6.04 Å². The van der Waals surface area contributed by atoms with Crippen LogP contribution in [0, 0.1) is 0 Å². The molecule has 1 aromatic heterocycles. The maximum absolute atomic E-state index is 12.2. The predicted molar refractivity (Wildman–Crippen MR) is 79.7 cm³/mol. The third-order valence-corrected chi connectivity index (χ3v) is 3.85. The van der Waals surface area contributed by atoms with E-state index in [9.17, 15) is 14.7 Å². The summed E-state index contributed by atoms with van der Waals surface area (Å²) in [6, 6.07) is 8.67. The highest BCUT2D eigenvalue weighted by Gasteiger charge is 2.24. The molecule has 0 radical (unpaired) electrons. The van der Waals surface area contributed by atoms with Crippen LogP contribution in [0.25, 0.3) is 0 Å². The number of carbonyl (C=O) groups excluding carboxylic acids is 1. The highest BCUT2D eigenvalue weighted by atomic mass is 35.5. The van der Waals surface area contributed by atoms with Crippen molar-refractivity contribution in [3.05, 3.63) is 57.8 Å². The van der Waals surface area contributed by atoms with Crippen LogP contribution in [0.1, 0.15) is 22.1 Å². The zero-order valence-corrected chi connectivity index (χ0v) is 12.5. The Kier molecular flexibility index (Phi) is 4.55. The molecule has 0 aliphatic heterocycles. The summed E-state index contributed by atoms with van der Waals surface area (Å²) in [5, 5.41) is 12.2. The number of halogens is 2. The Morgan fingerprint density at radius 2 is 1.86 bits per heavy atom. The molecule has 0 aliphatic carbocycles. The molecule has 21 heavy (non-hydrogen) atoms. The quantitative estimate of drug-likeness (QED) is 0.907. The molecular weight excluding hydrogens is 315 g/mol. The number of hydrogen-bond acceptors (Lipinski definition) is 2. The summed E-state index contributed by atoms with van der Waals surface area (Å²) < 4.78 is 1.39. The molecule has 2 N–H and O–H groups in total. The second kappa shape index (κ2) is 6.20. The molecule has 0 fully saturated rings. The Balaban J connectivity index is 2.27. The predicted octanol–water partition coefficient (Wildman–Crippen LogP) is 2.89. The van der Waals surface area contributed by atoms with E-state index in [1.165, 1.54) is 10.6 Å². The number of rotatable bonds is 4. The molecule has 0 saturated carbocycles. The highest BCUT2D eigenvalue weighted by molar-refractivity contribution is 6.41. The van der Waals surface area contributed by atoms with Gasteiger partial charge in [-0.1, -0.05) is 53.5 Å². The summed E-state index contributed by atoms with van der Waals surface area (Å²) >= 11 is 11.7. The van der Waals surface area contributed by atoms with Gasteiger partial charge in [-0.25, -0.2) is 4.79 Å². The van der Waals surface area contributed by atoms with Crippen molar-refractivity contribution in [3.63, 3.8) is 0 Å². The Hall–Kier alpha value is -1.98. The first-order valence-corrected chi connectivity index (χ1v) is 6.76. The third kappa shape index (κ3) is 3.20. The largest absolute Gasteiger partial charge is 0.479 e. The van der Waals surface area contributed by atoms with Gasteiger partial charge in [0.1, 0.15) is 10.8 Å². The first-order valence-electron chi connectivity index (χ1n) is 6.01. The molecule has 1 atom stereocenters. The SMILES string of the molecule is Cn1c(C(=O)N[C@H](C(=O)O)c2ccccc2)cc(Cl)c1Cl. The van der Waals surface area contributed by atoms with Gasteiger partial charge < -0.3 is 15.0 Å². The van der Waals surface area contributed by atoms with E-state index in [1.807, 2.05) is 0 Å². The van der Waals surface area contributed by atoms with Gasteiger partial charge in [-0.3, -0.25) is 4.79 Å². The lowest BCUT2D eigenvalue weighted by atomic mass is 10.1. The average Bonchev–Trinajstić information content (AvgIpc) is 2.73. The van der Waals surface area contributed by atoms with Crippen molar-refractivity contribution in [1.29, 1.82) is 0 Å². The molecule has 0 saturated heterocycles.